The van der Waals surface area contributed by atoms with Crippen LogP contribution in [-0.2, 0) is 13.1 Å². The van der Waals surface area contributed by atoms with Gasteiger partial charge in [-0.2, -0.15) is 0 Å². The number of hydrogen-bond acceptors (Lipinski definition) is 4. The first kappa shape index (κ1) is 17.3. The molecule has 0 saturated heterocycles. The zero-order chi connectivity index (χ0) is 17.6. The summed E-state index contributed by atoms with van der Waals surface area (Å²) in [7, 11) is 0. The van der Waals surface area contributed by atoms with Crippen molar-refractivity contribution in [3.05, 3.63) is 88.2 Å². The number of pyridine rings is 1. The van der Waals surface area contributed by atoms with Crippen LogP contribution in [-0.4, -0.2) is 25.8 Å². The van der Waals surface area contributed by atoms with E-state index < -0.39 is 0 Å². The summed E-state index contributed by atoms with van der Waals surface area (Å²) >= 11 is 12.2. The van der Waals surface area contributed by atoms with Gasteiger partial charge in [0.2, 0.25) is 0 Å². The van der Waals surface area contributed by atoms with E-state index in [1.807, 2.05) is 18.2 Å². The third-order valence-electron chi connectivity index (χ3n) is 3.57. The van der Waals surface area contributed by atoms with E-state index in [4.69, 9.17) is 23.2 Å². The van der Waals surface area contributed by atoms with Crippen LogP contribution in [0.4, 0.5) is 0 Å². The fourth-order valence-electron chi connectivity index (χ4n) is 2.36. The normalized spacial score (nSPS) is 10.5. The molecule has 0 aliphatic carbocycles. The number of carbonyl (C=O) groups is 1. The van der Waals surface area contributed by atoms with Crippen molar-refractivity contribution in [2.24, 2.45) is 0 Å². The van der Waals surface area contributed by atoms with Crippen LogP contribution in [0.1, 0.15) is 21.5 Å². The van der Waals surface area contributed by atoms with Gasteiger partial charge < -0.3 is 4.90 Å². The highest BCUT2D eigenvalue weighted by Gasteiger charge is 2.18. The summed E-state index contributed by atoms with van der Waals surface area (Å²) in [5.74, 6) is -0.185. The Morgan fingerprint density at radius 3 is 2.48 bits per heavy atom. The van der Waals surface area contributed by atoms with E-state index in [1.165, 1.54) is 18.7 Å². The molecule has 0 radical (unpaired) electrons. The van der Waals surface area contributed by atoms with Gasteiger partial charge in [-0.3, -0.25) is 9.78 Å². The van der Waals surface area contributed by atoms with Crippen molar-refractivity contribution >= 4 is 29.1 Å². The molecule has 2 heterocycles. The number of rotatable bonds is 5. The van der Waals surface area contributed by atoms with Crippen molar-refractivity contribution in [3.63, 3.8) is 0 Å². The van der Waals surface area contributed by atoms with Crippen LogP contribution in [0, 0.1) is 0 Å². The Morgan fingerprint density at radius 1 is 1.00 bits per heavy atom. The fourth-order valence-corrected chi connectivity index (χ4v) is 2.83. The number of hydrogen-bond donors (Lipinski definition) is 0. The lowest BCUT2D eigenvalue weighted by Crippen LogP contribution is -2.30. The summed E-state index contributed by atoms with van der Waals surface area (Å²) in [6, 6.07) is 8.98. The van der Waals surface area contributed by atoms with Gasteiger partial charge in [0, 0.05) is 47.9 Å². The maximum absolute atomic E-state index is 12.9. The zero-order valence-corrected chi connectivity index (χ0v) is 14.7. The van der Waals surface area contributed by atoms with Gasteiger partial charge in [-0.1, -0.05) is 35.3 Å². The summed E-state index contributed by atoms with van der Waals surface area (Å²) < 4.78 is 0. The van der Waals surface area contributed by atoms with Crippen molar-refractivity contribution in [1.29, 1.82) is 0 Å². The van der Waals surface area contributed by atoms with E-state index in [-0.39, 0.29) is 5.91 Å². The zero-order valence-electron chi connectivity index (χ0n) is 13.1. The molecule has 126 valence electrons. The molecular weight excluding hydrogens is 359 g/mol. The number of amides is 1. The van der Waals surface area contributed by atoms with Crippen molar-refractivity contribution in [2.45, 2.75) is 13.1 Å². The fraction of sp³-hybridized carbons (Fsp3) is 0.111. The number of aromatic nitrogens is 3. The molecule has 0 bridgehead atoms. The highest BCUT2D eigenvalue weighted by Crippen LogP contribution is 2.23. The number of carbonyl (C=O) groups excluding carboxylic acids is 1. The number of halogens is 2. The molecule has 0 fully saturated rings. The lowest BCUT2D eigenvalue weighted by molar-refractivity contribution is 0.0729. The Morgan fingerprint density at radius 2 is 1.80 bits per heavy atom. The molecule has 0 N–H and O–H groups in total. The van der Waals surface area contributed by atoms with Gasteiger partial charge in [-0.25, -0.2) is 9.97 Å². The van der Waals surface area contributed by atoms with E-state index in [0.29, 0.717) is 28.7 Å². The Balaban J connectivity index is 1.89. The van der Waals surface area contributed by atoms with Crippen LogP contribution < -0.4 is 0 Å². The van der Waals surface area contributed by atoms with Crippen molar-refractivity contribution in [3.8, 4) is 0 Å². The highest BCUT2D eigenvalue weighted by molar-refractivity contribution is 6.35. The first-order chi connectivity index (χ1) is 12.1. The summed E-state index contributed by atoms with van der Waals surface area (Å²) in [6.45, 7) is 0.721. The first-order valence-corrected chi connectivity index (χ1v) is 8.26. The van der Waals surface area contributed by atoms with Crippen LogP contribution in [0.15, 0.2) is 61.4 Å². The van der Waals surface area contributed by atoms with Crippen LogP contribution in [0.5, 0.6) is 0 Å². The average Bonchev–Trinajstić information content (AvgIpc) is 2.64. The third-order valence-corrected chi connectivity index (χ3v) is 4.15. The molecule has 3 rings (SSSR count). The quantitative estimate of drug-likeness (QED) is 0.678. The van der Waals surface area contributed by atoms with Gasteiger partial charge in [0.1, 0.15) is 6.33 Å². The topological polar surface area (TPSA) is 59.0 Å². The maximum atomic E-state index is 12.9. The minimum absolute atomic E-state index is 0.185. The minimum atomic E-state index is -0.185. The molecule has 1 amide bonds. The summed E-state index contributed by atoms with van der Waals surface area (Å²) in [4.78, 5) is 26.5. The Bertz CT molecular complexity index is 859. The van der Waals surface area contributed by atoms with E-state index in [1.54, 1.807) is 29.4 Å². The van der Waals surface area contributed by atoms with Crippen molar-refractivity contribution in [1.82, 2.24) is 19.9 Å². The molecule has 0 aliphatic rings. The van der Waals surface area contributed by atoms with E-state index in [2.05, 4.69) is 15.0 Å². The minimum Gasteiger partial charge on any atom is -0.330 e. The van der Waals surface area contributed by atoms with Gasteiger partial charge in [-0.05, 0) is 29.3 Å². The molecule has 1 aromatic carbocycles. The third kappa shape index (κ3) is 4.53. The van der Waals surface area contributed by atoms with Crippen LogP contribution in [0.25, 0.3) is 0 Å². The van der Waals surface area contributed by atoms with Gasteiger partial charge in [0.25, 0.3) is 5.91 Å². The SMILES string of the molecule is O=C(c1cncnc1)N(Cc1cccnc1)Cc1ccc(Cl)cc1Cl. The molecule has 2 aromatic heterocycles. The Hall–Kier alpha value is -2.50. The lowest BCUT2D eigenvalue weighted by atomic mass is 10.1. The standard InChI is InChI=1S/C18H14Cl2N4O/c19-16-4-3-14(17(20)6-16)11-24(10-13-2-1-5-21-7-13)18(25)15-8-22-12-23-9-15/h1-9,12H,10-11H2. The van der Waals surface area contributed by atoms with Gasteiger partial charge in [-0.15, -0.1) is 0 Å². The van der Waals surface area contributed by atoms with Crippen molar-refractivity contribution < 1.29 is 4.79 Å². The van der Waals surface area contributed by atoms with E-state index in [0.717, 1.165) is 11.1 Å². The second-order valence-electron chi connectivity index (χ2n) is 5.39. The monoisotopic (exact) mass is 372 g/mol. The summed E-state index contributed by atoms with van der Waals surface area (Å²) in [6.07, 6.45) is 7.80. The van der Waals surface area contributed by atoms with Crippen LogP contribution in [0.2, 0.25) is 10.0 Å². The number of benzene rings is 1. The maximum Gasteiger partial charge on any atom is 0.257 e. The molecule has 0 unspecified atom stereocenters. The van der Waals surface area contributed by atoms with E-state index >= 15 is 0 Å². The Labute approximate surface area is 155 Å². The molecule has 0 spiro atoms. The van der Waals surface area contributed by atoms with Crippen LogP contribution >= 0.6 is 23.2 Å². The van der Waals surface area contributed by atoms with Gasteiger partial charge in [0.05, 0.1) is 5.56 Å². The lowest BCUT2D eigenvalue weighted by Gasteiger charge is -2.23. The van der Waals surface area contributed by atoms with Gasteiger partial charge >= 0.3 is 0 Å². The Kier molecular flexibility index (Phi) is 5.58. The second kappa shape index (κ2) is 8.05. The number of nitrogens with zero attached hydrogens (tertiary/aromatic N) is 4. The smallest absolute Gasteiger partial charge is 0.257 e. The highest BCUT2D eigenvalue weighted by atomic mass is 35.5. The molecule has 25 heavy (non-hydrogen) atoms. The molecule has 7 heteroatoms. The summed E-state index contributed by atoms with van der Waals surface area (Å²) in [5, 5.41) is 1.07. The average molecular weight is 373 g/mol. The second-order valence-corrected chi connectivity index (χ2v) is 6.23. The largest absolute Gasteiger partial charge is 0.330 e. The molecular formula is C18H14Cl2N4O. The summed E-state index contributed by atoms with van der Waals surface area (Å²) in [5.41, 5.74) is 2.13. The van der Waals surface area contributed by atoms with Crippen molar-refractivity contribution in [2.75, 3.05) is 0 Å². The first-order valence-electron chi connectivity index (χ1n) is 7.50. The predicted molar refractivity (Wildman–Crippen MR) is 96.3 cm³/mol. The molecule has 5 nitrogen and oxygen atoms in total. The predicted octanol–water partition coefficient (Wildman–Crippen LogP) is 4.02. The van der Waals surface area contributed by atoms with Gasteiger partial charge in [0.15, 0.2) is 0 Å². The molecule has 0 atom stereocenters. The molecule has 0 aliphatic heterocycles. The molecule has 0 saturated carbocycles. The molecule has 3 aromatic rings. The van der Waals surface area contributed by atoms with Crippen LogP contribution in [0.3, 0.4) is 0 Å². The van der Waals surface area contributed by atoms with E-state index in [9.17, 15) is 4.79 Å².